The van der Waals surface area contributed by atoms with Crippen LogP contribution in [0.5, 0.6) is 0 Å². The van der Waals surface area contributed by atoms with Gasteiger partial charge in [-0.25, -0.2) is 0 Å². The summed E-state index contributed by atoms with van der Waals surface area (Å²) >= 11 is 0. The molecule has 12 nitrogen and oxygen atoms in total. The van der Waals surface area contributed by atoms with Crippen molar-refractivity contribution in [3.8, 4) is 0 Å². The number of nitrogens with zero attached hydrogens (tertiary/aromatic N) is 4. The molecule has 3 fully saturated rings. The molecule has 4 aliphatic rings. The Balaban J connectivity index is 1.24. The Bertz CT molecular complexity index is 1890. The van der Waals surface area contributed by atoms with E-state index in [1.807, 2.05) is 79.7 Å². The minimum atomic E-state index is -3.60. The smallest absolute Gasteiger partial charge is 0.264 e. The van der Waals surface area contributed by atoms with Gasteiger partial charge < -0.3 is 44.2 Å². The van der Waals surface area contributed by atoms with Crippen molar-refractivity contribution in [1.82, 2.24) is 15.5 Å². The first-order chi connectivity index (χ1) is 25.9. The van der Waals surface area contributed by atoms with Gasteiger partial charge in [0.15, 0.2) is 5.60 Å². The normalized spacial score (nSPS) is 24.4. The number of amides is 4. The Hall–Kier alpha value is -4.47. The van der Waals surface area contributed by atoms with Crippen molar-refractivity contribution in [2.45, 2.75) is 56.8 Å². The summed E-state index contributed by atoms with van der Waals surface area (Å²) in [6.45, 7) is 8.18. The molecule has 4 heterocycles. The lowest BCUT2D eigenvalue weighted by Crippen LogP contribution is -2.48. The molecule has 4 amide bonds. The molecule has 14 heteroatoms. The third-order valence-corrected chi connectivity index (χ3v) is 13.8. The van der Waals surface area contributed by atoms with E-state index in [-0.39, 0.29) is 69.4 Å². The predicted molar refractivity (Wildman–Crippen MR) is 206 cm³/mol. The highest BCUT2D eigenvalue weighted by molar-refractivity contribution is 6.72. The molecule has 1 spiro atoms. The maximum Gasteiger partial charge on any atom is 0.264 e. The minimum absolute atomic E-state index is 0.00722. The lowest BCUT2D eigenvalue weighted by atomic mass is 9.82. The molecule has 3 aromatic rings. The number of fused-ring (bicyclic) bond motifs is 2. The third-order valence-electron chi connectivity index (χ3n) is 11.3. The predicted octanol–water partition coefficient (Wildman–Crippen LogP) is 3.29. The zero-order chi connectivity index (χ0) is 38.2. The highest BCUT2D eigenvalue weighted by Crippen LogP contribution is 2.60. The van der Waals surface area contributed by atoms with Crippen LogP contribution in [-0.2, 0) is 42.6 Å². The van der Waals surface area contributed by atoms with E-state index in [1.54, 1.807) is 32.7 Å². The number of aliphatic hydroxyl groups excluding tert-OH is 1. The summed E-state index contributed by atoms with van der Waals surface area (Å²) < 4.78 is 23.6. The maximum absolute atomic E-state index is 16.6. The second kappa shape index (κ2) is 15.3. The molecule has 3 saturated heterocycles. The van der Waals surface area contributed by atoms with Gasteiger partial charge in [-0.1, -0.05) is 49.4 Å². The second-order valence-electron chi connectivity index (χ2n) is 15.2. The Morgan fingerprint density at radius 1 is 0.926 bits per heavy atom. The highest BCUT2D eigenvalue weighted by Gasteiger charge is 2.67. The van der Waals surface area contributed by atoms with E-state index in [0.717, 1.165) is 16.8 Å². The van der Waals surface area contributed by atoms with Gasteiger partial charge in [-0.2, -0.15) is 0 Å². The van der Waals surface area contributed by atoms with Crippen LogP contribution in [0.3, 0.4) is 0 Å². The molecule has 3 aromatic carbocycles. The summed E-state index contributed by atoms with van der Waals surface area (Å²) in [5.41, 5.74) is 1.96. The molecular weight excluding hydrogens is 708 g/mol. The number of aliphatic hydroxyl groups is 1. The first kappa shape index (κ1) is 37.8. The fraction of sp³-hybridized carbons (Fsp3) is 0.450. The lowest BCUT2D eigenvalue weighted by Gasteiger charge is -2.32. The van der Waals surface area contributed by atoms with Crippen LogP contribution >= 0.6 is 0 Å². The average molecular weight is 757 g/mol. The Morgan fingerprint density at radius 3 is 2.17 bits per heavy atom. The van der Waals surface area contributed by atoms with E-state index in [2.05, 4.69) is 10.6 Å². The Morgan fingerprint density at radius 2 is 1.56 bits per heavy atom. The standard InChI is InChI=1S/C40H49FN6O6Si/c1-27-38(54(2,3)41)34(22-35(49)44(19-20-48)25-28-7-5-4-6-8-28)53-40(27)32-21-31(46-18-16-43-24-37(46)51)13-14-33(32)47(39(40)52)26-29-9-11-30(12-10-29)45-17-15-42-23-36(45)50/h4-14,21,27,34,38,42-43,48H,15-20,22-26H2,1-3H3/t27-,34+,38-,40+/m1/s1. The van der Waals surface area contributed by atoms with Gasteiger partial charge in [0, 0.05) is 67.7 Å². The Kier molecular flexibility index (Phi) is 10.7. The monoisotopic (exact) mass is 756 g/mol. The van der Waals surface area contributed by atoms with E-state index in [4.69, 9.17) is 4.74 Å². The molecule has 4 atom stereocenters. The summed E-state index contributed by atoms with van der Waals surface area (Å²) in [6.07, 6.45) is -1.07. The van der Waals surface area contributed by atoms with Crippen molar-refractivity contribution >= 4 is 49.1 Å². The summed E-state index contributed by atoms with van der Waals surface area (Å²) in [5.74, 6) is -1.39. The largest absolute Gasteiger partial charge is 0.395 e. The molecule has 0 unspecified atom stereocenters. The van der Waals surface area contributed by atoms with Crippen molar-refractivity contribution in [3.05, 3.63) is 89.5 Å². The fourth-order valence-electron chi connectivity index (χ4n) is 8.80. The molecule has 0 radical (unpaired) electrons. The summed E-state index contributed by atoms with van der Waals surface area (Å²) in [4.78, 5) is 61.3. The zero-order valence-corrected chi connectivity index (χ0v) is 32.1. The number of anilines is 3. The number of carbonyl (C=O) groups excluding carboxylic acids is 4. The molecule has 54 heavy (non-hydrogen) atoms. The van der Waals surface area contributed by atoms with Crippen LogP contribution in [0.4, 0.5) is 21.2 Å². The summed E-state index contributed by atoms with van der Waals surface area (Å²) in [7, 11) is -3.60. The van der Waals surface area contributed by atoms with Crippen LogP contribution in [0, 0.1) is 5.92 Å². The minimum Gasteiger partial charge on any atom is -0.395 e. The number of rotatable bonds is 11. The van der Waals surface area contributed by atoms with Crippen molar-refractivity contribution in [2.24, 2.45) is 5.92 Å². The van der Waals surface area contributed by atoms with E-state index in [9.17, 15) is 19.5 Å². The first-order valence-electron chi connectivity index (χ1n) is 18.8. The van der Waals surface area contributed by atoms with E-state index in [0.29, 0.717) is 43.1 Å². The number of benzene rings is 3. The van der Waals surface area contributed by atoms with Gasteiger partial charge in [0.1, 0.15) is 0 Å². The molecule has 0 aromatic heterocycles. The lowest BCUT2D eigenvalue weighted by molar-refractivity contribution is -0.150. The van der Waals surface area contributed by atoms with Gasteiger partial charge in [-0.3, -0.25) is 19.2 Å². The molecule has 0 bridgehead atoms. The topological polar surface area (TPSA) is 135 Å². The number of hydrogen-bond acceptors (Lipinski definition) is 8. The number of carbonyl (C=O) groups is 4. The SMILES string of the molecule is C[C@@H]1[C@@H]([Si](C)(C)F)[C@H](CC(=O)N(CCO)Cc2ccccc2)O[C@@]12C(=O)N(Cc1ccc(N3CCNCC3=O)cc1)c1ccc(N3CCNCC3=O)cc12. The molecule has 286 valence electrons. The van der Waals surface area contributed by atoms with Crippen LogP contribution < -0.4 is 25.3 Å². The van der Waals surface area contributed by atoms with Gasteiger partial charge in [0.25, 0.3) is 5.91 Å². The van der Waals surface area contributed by atoms with Gasteiger partial charge in [-0.05, 0) is 54.6 Å². The van der Waals surface area contributed by atoms with Crippen LogP contribution in [0.2, 0.25) is 18.6 Å². The van der Waals surface area contributed by atoms with Gasteiger partial charge in [0.2, 0.25) is 26.1 Å². The zero-order valence-electron chi connectivity index (χ0n) is 31.1. The molecule has 7 rings (SSSR count). The molecule has 4 aliphatic heterocycles. The van der Waals surface area contributed by atoms with Crippen molar-refractivity contribution in [2.75, 3.05) is 67.1 Å². The molecule has 3 N–H and O–H groups in total. The van der Waals surface area contributed by atoms with Crippen LogP contribution in [0.25, 0.3) is 0 Å². The molecular formula is C40H49FN6O6Si. The van der Waals surface area contributed by atoms with E-state index in [1.165, 1.54) is 0 Å². The molecule has 0 aliphatic carbocycles. The Labute approximate surface area is 316 Å². The maximum atomic E-state index is 16.6. The van der Waals surface area contributed by atoms with Gasteiger partial charge in [-0.15, -0.1) is 0 Å². The number of piperazine rings is 2. The quantitative estimate of drug-likeness (QED) is 0.201. The third kappa shape index (κ3) is 7.08. The number of nitrogens with one attached hydrogen (secondary N) is 2. The highest BCUT2D eigenvalue weighted by atomic mass is 28.4. The van der Waals surface area contributed by atoms with E-state index < -0.39 is 31.6 Å². The molecule has 0 saturated carbocycles. The van der Waals surface area contributed by atoms with Crippen LogP contribution in [0.15, 0.2) is 72.8 Å². The van der Waals surface area contributed by atoms with Crippen LogP contribution in [-0.4, -0.2) is 101 Å². The fourth-order valence-corrected chi connectivity index (χ4v) is 11.3. The van der Waals surface area contributed by atoms with Crippen molar-refractivity contribution in [1.29, 1.82) is 0 Å². The number of halogens is 1. The summed E-state index contributed by atoms with van der Waals surface area (Å²) in [6, 6.07) is 22.6. The van der Waals surface area contributed by atoms with Gasteiger partial charge in [0.05, 0.1) is 44.5 Å². The number of hydrogen-bond donors (Lipinski definition) is 3. The first-order valence-corrected chi connectivity index (χ1v) is 21.7. The average Bonchev–Trinajstić information content (AvgIpc) is 3.58. The van der Waals surface area contributed by atoms with Crippen molar-refractivity contribution < 1.29 is 33.1 Å². The van der Waals surface area contributed by atoms with Gasteiger partial charge >= 0.3 is 0 Å². The van der Waals surface area contributed by atoms with Crippen LogP contribution in [0.1, 0.15) is 30.0 Å². The second-order valence-corrected chi connectivity index (χ2v) is 19.0. The van der Waals surface area contributed by atoms with Crippen molar-refractivity contribution in [3.63, 3.8) is 0 Å². The summed E-state index contributed by atoms with van der Waals surface area (Å²) in [5, 5.41) is 16.1. The number of ether oxygens (including phenoxy) is 1. The van der Waals surface area contributed by atoms with E-state index >= 15 is 8.90 Å².